The van der Waals surface area contributed by atoms with Crippen LogP contribution in [0.15, 0.2) is 12.3 Å². The van der Waals surface area contributed by atoms with Gasteiger partial charge in [-0.25, -0.2) is 0 Å². The van der Waals surface area contributed by atoms with E-state index >= 15 is 0 Å². The normalized spacial score (nSPS) is 23.0. The maximum atomic E-state index is 12.5. The van der Waals surface area contributed by atoms with E-state index in [1.54, 1.807) is 12.3 Å². The molecule has 0 bridgehead atoms. The highest BCUT2D eigenvalue weighted by Crippen LogP contribution is 2.19. The number of likely N-dealkylation sites (tertiary alicyclic amines) is 1. The molecule has 1 aromatic rings. The summed E-state index contributed by atoms with van der Waals surface area (Å²) in [6.45, 7) is 4.83. The molecule has 0 aliphatic carbocycles. The molecule has 6 nitrogen and oxygen atoms in total. The number of aromatic nitrogens is 2. The highest BCUT2D eigenvalue weighted by atomic mass is 16.5. The Morgan fingerprint density at radius 3 is 2.91 bits per heavy atom. The zero-order valence-corrected chi connectivity index (χ0v) is 13.0. The first-order valence-electron chi connectivity index (χ1n) is 8.05. The maximum Gasteiger partial charge on any atom is 0.255 e. The minimum Gasteiger partial charge on any atom is -0.376 e. The summed E-state index contributed by atoms with van der Waals surface area (Å²) in [7, 11) is 0. The summed E-state index contributed by atoms with van der Waals surface area (Å²) >= 11 is 0. The Bertz CT molecular complexity index is 509. The average molecular weight is 305 g/mol. The van der Waals surface area contributed by atoms with E-state index in [4.69, 9.17) is 9.47 Å². The molecule has 2 aliphatic rings. The van der Waals surface area contributed by atoms with Crippen LogP contribution >= 0.6 is 0 Å². The quantitative estimate of drug-likeness (QED) is 0.845. The molecule has 6 heteroatoms. The summed E-state index contributed by atoms with van der Waals surface area (Å²) in [6, 6.07) is 1.74. The Kier molecular flexibility index (Phi) is 5.00. The van der Waals surface area contributed by atoms with Crippen molar-refractivity contribution >= 4 is 5.91 Å². The number of rotatable bonds is 4. The number of amides is 1. The van der Waals surface area contributed by atoms with E-state index in [0.29, 0.717) is 17.9 Å². The number of carbonyl (C=O) groups is 1. The first kappa shape index (κ1) is 15.4. The van der Waals surface area contributed by atoms with Gasteiger partial charge in [-0.2, -0.15) is 10.2 Å². The predicted octanol–water partition coefficient (Wildman–Crippen LogP) is 1.59. The first-order valence-corrected chi connectivity index (χ1v) is 8.05. The number of nitrogens with zero attached hydrogens (tertiary/aromatic N) is 3. The van der Waals surface area contributed by atoms with Crippen LogP contribution in [-0.4, -0.2) is 59.5 Å². The molecule has 0 radical (unpaired) electrons. The van der Waals surface area contributed by atoms with Gasteiger partial charge in [0.15, 0.2) is 0 Å². The monoisotopic (exact) mass is 305 g/mol. The Hall–Kier alpha value is -1.53. The predicted molar refractivity (Wildman–Crippen MR) is 80.6 cm³/mol. The van der Waals surface area contributed by atoms with Crippen LogP contribution < -0.4 is 0 Å². The zero-order chi connectivity index (χ0) is 15.4. The van der Waals surface area contributed by atoms with Crippen molar-refractivity contribution in [3.05, 3.63) is 23.5 Å². The van der Waals surface area contributed by atoms with Gasteiger partial charge in [0.25, 0.3) is 5.91 Å². The van der Waals surface area contributed by atoms with E-state index in [1.807, 2.05) is 11.8 Å². The fourth-order valence-corrected chi connectivity index (χ4v) is 3.04. The molecule has 2 saturated heterocycles. The third kappa shape index (κ3) is 3.62. The molecule has 1 unspecified atom stereocenters. The Morgan fingerprint density at radius 2 is 2.23 bits per heavy atom. The van der Waals surface area contributed by atoms with Crippen molar-refractivity contribution in [1.82, 2.24) is 15.1 Å². The van der Waals surface area contributed by atoms with Gasteiger partial charge in [0.2, 0.25) is 0 Å². The minimum absolute atomic E-state index is 0.0463. The second kappa shape index (κ2) is 7.15. The standard InChI is InChI=1S/C16H23N3O3/c1-12-15(4-7-17-18-12)16(20)19-8-5-13(6-9-19)22-11-14-3-2-10-21-14/h4,7,13-14H,2-3,5-6,8-11H2,1H3. The molecule has 0 N–H and O–H groups in total. The number of hydrogen-bond donors (Lipinski definition) is 0. The van der Waals surface area contributed by atoms with E-state index in [1.165, 1.54) is 0 Å². The van der Waals surface area contributed by atoms with Gasteiger partial charge in [-0.05, 0) is 38.7 Å². The van der Waals surface area contributed by atoms with Gasteiger partial charge in [-0.1, -0.05) is 0 Å². The van der Waals surface area contributed by atoms with Gasteiger partial charge in [-0.15, -0.1) is 0 Å². The van der Waals surface area contributed by atoms with Crippen LogP contribution in [0.25, 0.3) is 0 Å². The highest BCUT2D eigenvalue weighted by Gasteiger charge is 2.26. The molecule has 0 saturated carbocycles. The van der Waals surface area contributed by atoms with Crippen molar-refractivity contribution in [1.29, 1.82) is 0 Å². The lowest BCUT2D eigenvalue weighted by molar-refractivity contribution is -0.0395. The summed E-state index contributed by atoms with van der Waals surface area (Å²) < 4.78 is 11.5. The molecule has 2 fully saturated rings. The second-order valence-electron chi connectivity index (χ2n) is 5.99. The highest BCUT2D eigenvalue weighted by molar-refractivity contribution is 5.95. The molecule has 3 rings (SSSR count). The van der Waals surface area contributed by atoms with Crippen LogP contribution in [0.4, 0.5) is 0 Å². The van der Waals surface area contributed by atoms with E-state index < -0.39 is 0 Å². The molecule has 120 valence electrons. The van der Waals surface area contributed by atoms with Gasteiger partial charge >= 0.3 is 0 Å². The van der Waals surface area contributed by atoms with E-state index in [2.05, 4.69) is 10.2 Å². The smallest absolute Gasteiger partial charge is 0.255 e. The van der Waals surface area contributed by atoms with Crippen LogP contribution in [0.2, 0.25) is 0 Å². The Morgan fingerprint density at radius 1 is 1.41 bits per heavy atom. The average Bonchev–Trinajstić information content (AvgIpc) is 3.07. The summed E-state index contributed by atoms with van der Waals surface area (Å²) in [5.41, 5.74) is 1.33. The van der Waals surface area contributed by atoms with Gasteiger partial charge in [0.05, 0.1) is 36.3 Å². The number of hydrogen-bond acceptors (Lipinski definition) is 5. The van der Waals surface area contributed by atoms with Gasteiger partial charge in [0.1, 0.15) is 0 Å². The lowest BCUT2D eigenvalue weighted by Gasteiger charge is -2.32. The first-order chi connectivity index (χ1) is 10.7. The molecule has 22 heavy (non-hydrogen) atoms. The fourth-order valence-electron chi connectivity index (χ4n) is 3.04. The van der Waals surface area contributed by atoms with Gasteiger partial charge in [-0.3, -0.25) is 4.79 Å². The molecule has 1 amide bonds. The van der Waals surface area contributed by atoms with Crippen LogP contribution in [-0.2, 0) is 9.47 Å². The molecule has 2 aliphatic heterocycles. The number of carbonyl (C=O) groups excluding carboxylic acids is 1. The second-order valence-corrected chi connectivity index (χ2v) is 5.99. The topological polar surface area (TPSA) is 64.6 Å². The molecular formula is C16H23N3O3. The molecule has 3 heterocycles. The van der Waals surface area contributed by atoms with Crippen molar-refractivity contribution in [2.75, 3.05) is 26.3 Å². The van der Waals surface area contributed by atoms with Crippen LogP contribution in [0, 0.1) is 6.92 Å². The van der Waals surface area contributed by atoms with Crippen molar-refractivity contribution in [3.8, 4) is 0 Å². The van der Waals surface area contributed by atoms with Crippen molar-refractivity contribution in [3.63, 3.8) is 0 Å². The van der Waals surface area contributed by atoms with E-state index in [-0.39, 0.29) is 18.1 Å². The molecule has 0 aromatic carbocycles. The van der Waals surface area contributed by atoms with Crippen LogP contribution in [0.5, 0.6) is 0 Å². The Labute approximate surface area is 130 Å². The summed E-state index contributed by atoms with van der Waals surface area (Å²) in [5.74, 6) is 0.0463. The van der Waals surface area contributed by atoms with Crippen molar-refractivity contribution in [2.24, 2.45) is 0 Å². The summed E-state index contributed by atoms with van der Waals surface area (Å²) in [4.78, 5) is 14.4. The van der Waals surface area contributed by atoms with Gasteiger partial charge in [0, 0.05) is 19.7 Å². The van der Waals surface area contributed by atoms with Gasteiger partial charge < -0.3 is 14.4 Å². The number of ether oxygens (including phenoxy) is 2. The maximum absolute atomic E-state index is 12.5. The largest absolute Gasteiger partial charge is 0.376 e. The third-order valence-corrected chi connectivity index (χ3v) is 4.41. The number of aryl methyl sites for hydroxylation is 1. The lowest BCUT2D eigenvalue weighted by atomic mass is 10.1. The van der Waals surface area contributed by atoms with Crippen LogP contribution in [0.1, 0.15) is 41.7 Å². The van der Waals surface area contributed by atoms with E-state index in [0.717, 1.165) is 45.4 Å². The number of piperidine rings is 1. The lowest BCUT2D eigenvalue weighted by Crippen LogP contribution is -2.41. The minimum atomic E-state index is 0.0463. The Balaban J connectivity index is 1.47. The molecule has 0 spiro atoms. The van der Waals surface area contributed by atoms with Crippen LogP contribution in [0.3, 0.4) is 0 Å². The SMILES string of the molecule is Cc1nnccc1C(=O)N1CCC(OCC2CCCO2)CC1. The zero-order valence-electron chi connectivity index (χ0n) is 13.0. The van der Waals surface area contributed by atoms with E-state index in [9.17, 15) is 4.79 Å². The fraction of sp³-hybridized carbons (Fsp3) is 0.688. The molecule has 1 aromatic heterocycles. The summed E-state index contributed by atoms with van der Waals surface area (Å²) in [6.07, 6.45) is 6.09. The third-order valence-electron chi connectivity index (χ3n) is 4.41. The van der Waals surface area contributed by atoms with Crippen molar-refractivity contribution < 1.29 is 14.3 Å². The molecular weight excluding hydrogens is 282 g/mol. The van der Waals surface area contributed by atoms with Crippen molar-refractivity contribution in [2.45, 2.75) is 44.8 Å². The molecule has 1 atom stereocenters. The summed E-state index contributed by atoms with van der Waals surface area (Å²) in [5, 5.41) is 7.74.